The Morgan fingerprint density at radius 1 is 1.16 bits per heavy atom. The maximum atomic E-state index is 17.2. The lowest BCUT2D eigenvalue weighted by atomic mass is 9.79. The molecule has 6 fully saturated rings. The largest absolute Gasteiger partial charge is 0.353 e. The number of likely N-dealkylation sites (tertiary alicyclic amines) is 1. The number of nitriles is 1. The van der Waals surface area contributed by atoms with Crippen molar-refractivity contribution in [2.45, 2.75) is 69.6 Å². The zero-order valence-corrected chi connectivity index (χ0v) is 30.4. The highest BCUT2D eigenvalue weighted by molar-refractivity contribution is 7.07. The predicted octanol–water partition coefficient (Wildman–Crippen LogP) is 8.24. The van der Waals surface area contributed by atoms with E-state index in [2.05, 4.69) is 42.2 Å². The van der Waals surface area contributed by atoms with E-state index in [4.69, 9.17) is 28.2 Å². The zero-order valence-electron chi connectivity index (χ0n) is 28.1. The highest BCUT2D eigenvalue weighted by Gasteiger charge is 2.55. The standard InChI is InChI=1S/C39H36Cl2FN7OS/c1-19-26-13-30(37-23-10-24(48(37)39(50)20-7-8-20)16-47(15-23)31-17-51-18-45-31)49(36-22-12-29(36)44-14-22)38(26)27-11-21(4-3-9-43)32(34(42)35(27)46-19)25-5-2-6-28(40)33(25)41/h2,5-6,11,13,17-18,20,22-24,29,36-37,44H,3-4,7-8,10,12,14-16H2,1H3. The smallest absolute Gasteiger partial charge is 0.226 e. The summed E-state index contributed by atoms with van der Waals surface area (Å²) in [6, 6.07) is 12.3. The molecule has 1 amide bonds. The van der Waals surface area contributed by atoms with E-state index in [-0.39, 0.29) is 52.8 Å². The highest BCUT2D eigenvalue weighted by atomic mass is 35.5. The minimum atomic E-state index is -0.459. The molecule has 2 saturated carbocycles. The van der Waals surface area contributed by atoms with Crippen molar-refractivity contribution in [1.82, 2.24) is 24.8 Å². The number of hydrogen-bond donors (Lipinski definition) is 1. The number of nitrogens with zero attached hydrogens (tertiary/aromatic N) is 6. The minimum absolute atomic E-state index is 0.0942. The number of piperidine rings is 1. The molecule has 5 aromatic rings. The fourth-order valence-corrected chi connectivity index (χ4v) is 10.8. The van der Waals surface area contributed by atoms with Crippen LogP contribution in [0.25, 0.3) is 32.9 Å². The Labute approximate surface area is 309 Å². The van der Waals surface area contributed by atoms with Gasteiger partial charge in [-0.15, -0.1) is 11.3 Å². The van der Waals surface area contributed by atoms with Crippen LogP contribution in [0.3, 0.4) is 0 Å². The number of hydrogen-bond acceptors (Lipinski definition) is 7. The first kappa shape index (κ1) is 31.9. The van der Waals surface area contributed by atoms with Gasteiger partial charge in [0, 0.05) is 82.6 Å². The summed E-state index contributed by atoms with van der Waals surface area (Å²) >= 11 is 14.7. The molecule has 6 unspecified atom stereocenters. The Hall–Kier alpha value is -3.75. The normalized spacial score (nSPS) is 26.6. The molecular formula is C39H36Cl2FN7OS. The second-order valence-electron chi connectivity index (χ2n) is 15.1. The topological polar surface area (TPSA) is 90.1 Å². The number of nitrogens with one attached hydrogen (secondary N) is 1. The van der Waals surface area contributed by atoms with Crippen molar-refractivity contribution < 1.29 is 9.18 Å². The molecule has 1 N–H and O–H groups in total. The van der Waals surface area contributed by atoms with E-state index in [0.717, 1.165) is 78.8 Å². The minimum Gasteiger partial charge on any atom is -0.353 e. The Balaban J connectivity index is 1.23. The Morgan fingerprint density at radius 3 is 2.75 bits per heavy atom. The number of fused-ring (bicyclic) bond motifs is 6. The zero-order chi connectivity index (χ0) is 34.7. The van der Waals surface area contributed by atoms with Crippen LogP contribution < -0.4 is 10.2 Å². The highest BCUT2D eigenvalue weighted by Crippen LogP contribution is 2.54. The molecule has 0 spiro atoms. The number of amides is 1. The number of carbonyl (C=O) groups excluding carboxylic acids is 1. The van der Waals surface area contributed by atoms with Crippen molar-refractivity contribution in [1.29, 1.82) is 5.26 Å². The molecule has 4 bridgehead atoms. The number of anilines is 1. The molecule has 6 aliphatic rings. The summed E-state index contributed by atoms with van der Waals surface area (Å²) in [5, 5.41) is 17.8. The van der Waals surface area contributed by atoms with Crippen LogP contribution in [0.5, 0.6) is 0 Å². The van der Waals surface area contributed by atoms with Gasteiger partial charge in [-0.05, 0) is 68.7 Å². The maximum Gasteiger partial charge on any atom is 0.226 e. The number of rotatable bonds is 7. The molecule has 7 heterocycles. The quantitative estimate of drug-likeness (QED) is 0.181. The van der Waals surface area contributed by atoms with Crippen LogP contribution in [-0.2, 0) is 11.2 Å². The number of aromatic nitrogens is 3. The molecule has 0 radical (unpaired) electrons. The first-order valence-corrected chi connectivity index (χ1v) is 19.7. The number of aryl methyl sites for hydroxylation is 2. The van der Waals surface area contributed by atoms with E-state index in [1.54, 1.807) is 29.5 Å². The fourth-order valence-electron chi connectivity index (χ4n) is 9.86. The summed E-state index contributed by atoms with van der Waals surface area (Å²) in [6.07, 6.45) is 4.53. The Bertz CT molecular complexity index is 2280. The van der Waals surface area contributed by atoms with Gasteiger partial charge in [-0.3, -0.25) is 4.79 Å². The molecule has 51 heavy (non-hydrogen) atoms. The second kappa shape index (κ2) is 11.9. The molecular weight excluding hydrogens is 704 g/mol. The molecule has 3 aromatic heterocycles. The third-order valence-electron chi connectivity index (χ3n) is 12.3. The molecule has 8 nitrogen and oxygen atoms in total. The summed E-state index contributed by atoms with van der Waals surface area (Å²) in [4.78, 5) is 28.5. The van der Waals surface area contributed by atoms with Gasteiger partial charge in [0.25, 0.3) is 0 Å². The van der Waals surface area contributed by atoms with E-state index in [1.165, 1.54) is 0 Å². The first-order chi connectivity index (χ1) is 24.8. The van der Waals surface area contributed by atoms with Gasteiger partial charge < -0.3 is 19.7 Å². The number of halogens is 3. The predicted molar refractivity (Wildman–Crippen MR) is 199 cm³/mol. The molecule has 12 heteroatoms. The van der Waals surface area contributed by atoms with Crippen LogP contribution in [0.15, 0.2) is 41.2 Å². The maximum absolute atomic E-state index is 17.2. The molecule has 260 valence electrons. The molecule has 6 atom stereocenters. The lowest BCUT2D eigenvalue weighted by Crippen LogP contribution is -2.45. The fraction of sp³-hybridized carbons (Fsp3) is 0.436. The molecule has 2 aliphatic carbocycles. The number of pyridine rings is 1. The van der Waals surface area contributed by atoms with E-state index in [9.17, 15) is 10.1 Å². The summed E-state index contributed by atoms with van der Waals surface area (Å²) in [5.74, 6) is 1.56. The SMILES string of the molecule is Cc1nc2c(F)c(-c3cccc(Cl)c3Cl)c(CCC#N)cc2c2c1cc(C1C3CC(CN(c4cscn4)C3)N1C(=O)C1CC1)n2C1C2CNC1C2. The lowest BCUT2D eigenvalue weighted by Gasteiger charge is -2.40. The molecule has 11 rings (SSSR count). The number of thiazole rings is 1. The van der Waals surface area contributed by atoms with Crippen molar-refractivity contribution in [2.24, 2.45) is 17.8 Å². The van der Waals surface area contributed by atoms with Crippen molar-refractivity contribution in [3.63, 3.8) is 0 Å². The van der Waals surface area contributed by atoms with Crippen molar-refractivity contribution in [3.05, 3.63) is 74.0 Å². The van der Waals surface area contributed by atoms with Gasteiger partial charge >= 0.3 is 0 Å². The summed E-state index contributed by atoms with van der Waals surface area (Å²) in [6.45, 7) is 4.50. The van der Waals surface area contributed by atoms with Crippen LogP contribution in [0.1, 0.15) is 61.1 Å². The van der Waals surface area contributed by atoms with Gasteiger partial charge in [0.2, 0.25) is 5.91 Å². The Morgan fingerprint density at radius 2 is 2.02 bits per heavy atom. The van der Waals surface area contributed by atoms with Crippen LogP contribution in [-0.4, -0.2) is 57.1 Å². The van der Waals surface area contributed by atoms with Gasteiger partial charge in [-0.2, -0.15) is 5.26 Å². The first-order valence-electron chi connectivity index (χ1n) is 18.0. The summed E-state index contributed by atoms with van der Waals surface area (Å²) in [7, 11) is 0. The molecule has 4 saturated heterocycles. The summed E-state index contributed by atoms with van der Waals surface area (Å²) in [5.41, 5.74) is 6.53. The van der Waals surface area contributed by atoms with Crippen LogP contribution in [0.2, 0.25) is 10.0 Å². The Kier molecular flexibility index (Phi) is 7.45. The van der Waals surface area contributed by atoms with Gasteiger partial charge in [0.05, 0.1) is 45.3 Å². The van der Waals surface area contributed by atoms with Gasteiger partial charge in [0.1, 0.15) is 11.3 Å². The lowest BCUT2D eigenvalue weighted by molar-refractivity contribution is -0.135. The van der Waals surface area contributed by atoms with Crippen LogP contribution in [0, 0.1) is 41.8 Å². The number of benzene rings is 2. The number of carbonyl (C=O) groups is 1. The third-order valence-corrected chi connectivity index (χ3v) is 13.7. The molecule has 2 aromatic carbocycles. The average Bonchev–Trinajstić information content (AvgIpc) is 3.56. The monoisotopic (exact) mass is 739 g/mol. The van der Waals surface area contributed by atoms with Gasteiger partial charge in [-0.25, -0.2) is 14.4 Å². The molecule has 4 aliphatic heterocycles. The summed E-state index contributed by atoms with van der Waals surface area (Å²) < 4.78 is 19.7. The van der Waals surface area contributed by atoms with E-state index in [1.807, 2.05) is 18.5 Å². The van der Waals surface area contributed by atoms with Gasteiger partial charge in [0.15, 0.2) is 5.82 Å². The van der Waals surface area contributed by atoms with E-state index in [0.29, 0.717) is 40.1 Å². The average molecular weight is 741 g/mol. The van der Waals surface area contributed by atoms with Crippen LogP contribution >= 0.6 is 34.5 Å². The third kappa shape index (κ3) is 4.81. The van der Waals surface area contributed by atoms with Crippen LogP contribution in [0.4, 0.5) is 10.2 Å². The van der Waals surface area contributed by atoms with Gasteiger partial charge in [-0.1, -0.05) is 35.3 Å². The van der Waals surface area contributed by atoms with E-state index >= 15 is 4.39 Å². The van der Waals surface area contributed by atoms with Crippen molar-refractivity contribution in [2.75, 3.05) is 24.5 Å². The second-order valence-corrected chi connectivity index (χ2v) is 16.6. The van der Waals surface area contributed by atoms with Crippen molar-refractivity contribution >= 4 is 68.1 Å². The van der Waals surface area contributed by atoms with E-state index < -0.39 is 5.82 Å². The van der Waals surface area contributed by atoms with Crippen molar-refractivity contribution in [3.8, 4) is 17.2 Å².